The van der Waals surface area contributed by atoms with Gasteiger partial charge >= 0.3 is 5.97 Å². The molecule has 4 aliphatic rings. The third-order valence-electron chi connectivity index (χ3n) is 7.47. The number of allylic oxidation sites excluding steroid dienone is 1. The fourth-order valence-corrected chi connectivity index (χ4v) is 5.64. The minimum Gasteiger partial charge on any atom is -0.461 e. The van der Waals surface area contributed by atoms with Gasteiger partial charge < -0.3 is 34.6 Å². The van der Waals surface area contributed by atoms with Gasteiger partial charge in [-0.25, -0.2) is 0 Å². The van der Waals surface area contributed by atoms with Gasteiger partial charge in [-0.15, -0.1) is 0 Å². The lowest BCUT2D eigenvalue weighted by Crippen LogP contribution is -2.60. The second-order valence-corrected chi connectivity index (χ2v) is 9.16. The molecule has 1 saturated carbocycles. The molecule has 0 aromatic rings. The monoisotopic (exact) mass is 426 g/mol. The molecule has 4 N–H and O–H groups in total. The minimum absolute atomic E-state index is 0.0383. The summed E-state index contributed by atoms with van der Waals surface area (Å²) in [6.07, 6.45) is -5.87. The van der Waals surface area contributed by atoms with Gasteiger partial charge in [0.25, 0.3) is 0 Å². The zero-order valence-corrected chi connectivity index (χ0v) is 17.2. The largest absolute Gasteiger partial charge is 0.461 e. The predicted octanol–water partition coefficient (Wildman–Crippen LogP) is -0.850. The van der Waals surface area contributed by atoms with Gasteiger partial charge in [-0.05, 0) is 25.3 Å². The molecular weight excluding hydrogens is 396 g/mol. The molecule has 2 aliphatic carbocycles. The number of aliphatic hydroxyl groups excluding tert-OH is 4. The van der Waals surface area contributed by atoms with Crippen molar-refractivity contribution in [3.8, 4) is 0 Å². The van der Waals surface area contributed by atoms with Gasteiger partial charge in [0, 0.05) is 17.8 Å². The average molecular weight is 426 g/mol. The van der Waals surface area contributed by atoms with E-state index in [4.69, 9.17) is 14.2 Å². The number of hydrogen-bond acceptors (Lipinski definition) is 9. The van der Waals surface area contributed by atoms with E-state index >= 15 is 0 Å². The molecule has 3 fully saturated rings. The number of rotatable bonds is 3. The molecule has 2 aliphatic heterocycles. The van der Waals surface area contributed by atoms with Crippen LogP contribution < -0.4 is 0 Å². The van der Waals surface area contributed by atoms with Crippen molar-refractivity contribution < 1.29 is 44.2 Å². The highest BCUT2D eigenvalue weighted by Gasteiger charge is 2.57. The van der Waals surface area contributed by atoms with Crippen molar-refractivity contribution in [1.82, 2.24) is 0 Å². The van der Waals surface area contributed by atoms with Crippen LogP contribution in [0.25, 0.3) is 0 Å². The number of ketones is 1. The number of ether oxygens (including phenoxy) is 3. The highest BCUT2D eigenvalue weighted by Crippen LogP contribution is 2.51. The van der Waals surface area contributed by atoms with Crippen molar-refractivity contribution in [2.24, 2.45) is 29.6 Å². The maximum Gasteiger partial charge on any atom is 0.309 e. The van der Waals surface area contributed by atoms with E-state index in [0.29, 0.717) is 6.42 Å². The van der Waals surface area contributed by atoms with Gasteiger partial charge in [0.15, 0.2) is 12.1 Å². The molecule has 2 heterocycles. The summed E-state index contributed by atoms with van der Waals surface area (Å²) in [5.41, 5.74) is 0.891. The Balaban J connectivity index is 1.62. The van der Waals surface area contributed by atoms with Crippen molar-refractivity contribution in [3.05, 3.63) is 11.6 Å². The lowest BCUT2D eigenvalue weighted by molar-refractivity contribution is -0.316. The average Bonchev–Trinajstić information content (AvgIpc) is 3.11. The van der Waals surface area contributed by atoms with Crippen molar-refractivity contribution in [2.45, 2.75) is 70.1 Å². The first kappa shape index (κ1) is 21.9. The van der Waals surface area contributed by atoms with Crippen LogP contribution in [0.4, 0.5) is 0 Å². The van der Waals surface area contributed by atoms with Crippen molar-refractivity contribution >= 4 is 11.8 Å². The number of carbonyl (C=O) groups is 2. The van der Waals surface area contributed by atoms with Crippen molar-refractivity contribution in [1.29, 1.82) is 0 Å². The summed E-state index contributed by atoms with van der Waals surface area (Å²) < 4.78 is 17.3. The third-order valence-corrected chi connectivity index (χ3v) is 7.47. The molecule has 0 unspecified atom stereocenters. The van der Waals surface area contributed by atoms with Crippen molar-refractivity contribution in [3.63, 3.8) is 0 Å². The molecule has 0 amide bonds. The molecule has 12 atom stereocenters. The van der Waals surface area contributed by atoms with Gasteiger partial charge in [-0.1, -0.05) is 19.4 Å². The first-order chi connectivity index (χ1) is 14.1. The molecule has 4 rings (SSSR count). The Bertz CT molecular complexity index is 734. The summed E-state index contributed by atoms with van der Waals surface area (Å²) in [7, 11) is 0. The molecular formula is C21H30O9. The van der Waals surface area contributed by atoms with Gasteiger partial charge in [0.05, 0.1) is 18.6 Å². The lowest BCUT2D eigenvalue weighted by Gasteiger charge is -2.42. The lowest BCUT2D eigenvalue weighted by atomic mass is 9.77. The minimum atomic E-state index is -1.55. The number of carbonyl (C=O) groups excluding carboxylic acids is 2. The Kier molecular flexibility index (Phi) is 5.80. The molecule has 2 saturated heterocycles. The summed E-state index contributed by atoms with van der Waals surface area (Å²) in [5, 5.41) is 39.9. The number of hydrogen-bond donors (Lipinski definition) is 4. The van der Waals surface area contributed by atoms with E-state index in [-0.39, 0.29) is 35.4 Å². The summed E-state index contributed by atoms with van der Waals surface area (Å²) >= 11 is 0. The molecule has 0 aromatic carbocycles. The summed E-state index contributed by atoms with van der Waals surface area (Å²) in [4.78, 5) is 25.1. The van der Waals surface area contributed by atoms with Gasteiger partial charge in [-0.3, -0.25) is 9.59 Å². The van der Waals surface area contributed by atoms with Crippen LogP contribution in [0.2, 0.25) is 0 Å². The third kappa shape index (κ3) is 3.32. The Labute approximate surface area is 174 Å². The Hall–Kier alpha value is -1.36. The van der Waals surface area contributed by atoms with Gasteiger partial charge in [-0.2, -0.15) is 0 Å². The second kappa shape index (κ2) is 7.96. The highest BCUT2D eigenvalue weighted by atomic mass is 16.7. The second-order valence-electron chi connectivity index (χ2n) is 9.16. The smallest absolute Gasteiger partial charge is 0.309 e. The number of aliphatic hydroxyl groups is 4. The molecule has 9 heteroatoms. The first-order valence-corrected chi connectivity index (χ1v) is 10.5. The molecule has 0 radical (unpaired) electrons. The van der Waals surface area contributed by atoms with Crippen molar-refractivity contribution in [2.75, 3.05) is 6.61 Å². The molecule has 30 heavy (non-hydrogen) atoms. The van der Waals surface area contributed by atoms with Crippen LogP contribution >= 0.6 is 0 Å². The highest BCUT2D eigenvalue weighted by molar-refractivity contribution is 5.96. The number of esters is 1. The van der Waals surface area contributed by atoms with E-state index < -0.39 is 55.4 Å². The zero-order chi connectivity index (χ0) is 21.9. The van der Waals surface area contributed by atoms with Crippen LogP contribution in [0.3, 0.4) is 0 Å². The summed E-state index contributed by atoms with van der Waals surface area (Å²) in [6, 6.07) is 0. The Morgan fingerprint density at radius 1 is 1.10 bits per heavy atom. The quantitative estimate of drug-likeness (QED) is 0.424. The van der Waals surface area contributed by atoms with E-state index in [1.54, 1.807) is 13.0 Å². The van der Waals surface area contributed by atoms with E-state index in [0.717, 1.165) is 5.57 Å². The Morgan fingerprint density at radius 2 is 1.80 bits per heavy atom. The van der Waals surface area contributed by atoms with E-state index in [2.05, 4.69) is 0 Å². The Morgan fingerprint density at radius 3 is 2.47 bits per heavy atom. The summed E-state index contributed by atoms with van der Waals surface area (Å²) in [6.45, 7) is 5.02. The fourth-order valence-electron chi connectivity index (χ4n) is 5.64. The fraction of sp³-hybridized carbons (Fsp3) is 0.810. The number of fused-ring (bicyclic) bond motifs is 3. The van der Waals surface area contributed by atoms with Crippen LogP contribution in [-0.2, 0) is 23.8 Å². The molecule has 0 spiro atoms. The molecule has 9 nitrogen and oxygen atoms in total. The summed E-state index contributed by atoms with van der Waals surface area (Å²) in [5.74, 6) is -1.76. The molecule has 0 bridgehead atoms. The topological polar surface area (TPSA) is 143 Å². The van der Waals surface area contributed by atoms with E-state index in [1.807, 2.05) is 13.8 Å². The molecule has 0 aromatic heterocycles. The van der Waals surface area contributed by atoms with E-state index in [1.165, 1.54) is 0 Å². The molecule has 168 valence electrons. The maximum absolute atomic E-state index is 12.8. The predicted molar refractivity (Wildman–Crippen MR) is 101 cm³/mol. The SMILES string of the molecule is CC1=CC(=O)[C@H]2[C@@H](C)[C@H](O[C@@H]3O[C@H](CO)[C@@H](O)[C@H](O)[C@H]3O)C[C@@H]3[C@H](OC(=O)[C@H]3C)[C@@H]12. The standard InChI is InChI=1S/C21H30O9/c1-7-4-11(23)15-9(3)12(5-10-8(2)20(27)30-19(10)14(7)15)28-21-18(26)17(25)16(24)13(6-22)29-21/h4,8-10,12-19,21-22,24-26H,5-6H2,1-3H3/t8-,9-,10-,12+,13+,14-,15+,16+,17-,18+,19-,21+/m0/s1. The zero-order valence-electron chi connectivity index (χ0n) is 17.2. The van der Waals surface area contributed by atoms with Gasteiger partial charge in [0.2, 0.25) is 0 Å². The van der Waals surface area contributed by atoms with Crippen LogP contribution in [0, 0.1) is 29.6 Å². The van der Waals surface area contributed by atoms with Crippen LogP contribution in [0.15, 0.2) is 11.6 Å². The van der Waals surface area contributed by atoms with Crippen LogP contribution in [0.5, 0.6) is 0 Å². The maximum atomic E-state index is 12.8. The first-order valence-electron chi connectivity index (χ1n) is 10.5. The normalized spacial score (nSPS) is 51.1. The van der Waals surface area contributed by atoms with Gasteiger partial charge in [0.1, 0.15) is 30.5 Å². The van der Waals surface area contributed by atoms with E-state index in [9.17, 15) is 30.0 Å². The van der Waals surface area contributed by atoms with Crippen LogP contribution in [-0.4, -0.2) is 81.7 Å². The van der Waals surface area contributed by atoms with Crippen LogP contribution in [0.1, 0.15) is 27.2 Å².